The molecule has 0 aliphatic heterocycles. The molecule has 1 heterocycles. The van der Waals surface area contributed by atoms with Crippen LogP contribution in [0.3, 0.4) is 0 Å². The second kappa shape index (κ2) is 5.41. The lowest BCUT2D eigenvalue weighted by Crippen LogP contribution is -2.29. The standard InChI is InChI=1S/C13H18N2S/c1-3-10(14-4-2)9-13-11-7-5-6-8-12(11)15-16-13/h5-8,10,14H,3-4,9H2,1-2H3. The molecular formula is C13H18N2S. The SMILES string of the molecule is CCNC(CC)Cc1snc2ccccc12. The molecule has 2 aromatic rings. The molecule has 0 radical (unpaired) electrons. The van der Waals surface area contributed by atoms with E-state index in [1.807, 2.05) is 6.07 Å². The van der Waals surface area contributed by atoms with E-state index in [0.29, 0.717) is 6.04 Å². The number of fused-ring (bicyclic) bond motifs is 1. The summed E-state index contributed by atoms with van der Waals surface area (Å²) in [6.45, 7) is 5.43. The van der Waals surface area contributed by atoms with E-state index in [0.717, 1.165) is 18.5 Å². The van der Waals surface area contributed by atoms with Gasteiger partial charge in [0, 0.05) is 16.3 Å². The van der Waals surface area contributed by atoms with Gasteiger partial charge in [-0.15, -0.1) is 0 Å². The summed E-state index contributed by atoms with van der Waals surface area (Å²) in [5.74, 6) is 0. The fourth-order valence-corrected chi connectivity index (χ4v) is 2.88. The average molecular weight is 234 g/mol. The third-order valence-electron chi connectivity index (χ3n) is 2.88. The molecule has 0 saturated carbocycles. The molecule has 86 valence electrons. The van der Waals surface area contributed by atoms with Crippen LogP contribution in [0.15, 0.2) is 24.3 Å². The fraction of sp³-hybridized carbons (Fsp3) is 0.462. The molecule has 2 rings (SSSR count). The van der Waals surface area contributed by atoms with Gasteiger partial charge in [0.15, 0.2) is 0 Å². The summed E-state index contributed by atoms with van der Waals surface area (Å²) in [7, 11) is 0. The number of hydrogen-bond acceptors (Lipinski definition) is 3. The summed E-state index contributed by atoms with van der Waals surface area (Å²) in [5, 5.41) is 4.84. The highest BCUT2D eigenvalue weighted by Gasteiger charge is 2.10. The molecule has 0 aliphatic rings. The number of hydrogen-bond donors (Lipinski definition) is 1. The Morgan fingerprint density at radius 2 is 2.12 bits per heavy atom. The molecule has 0 amide bonds. The first-order valence-electron chi connectivity index (χ1n) is 5.91. The lowest BCUT2D eigenvalue weighted by molar-refractivity contribution is 0.514. The van der Waals surface area contributed by atoms with Gasteiger partial charge in [-0.05, 0) is 37.0 Å². The van der Waals surface area contributed by atoms with Crippen LogP contribution in [0.5, 0.6) is 0 Å². The Balaban J connectivity index is 2.20. The van der Waals surface area contributed by atoms with Crippen molar-refractivity contribution in [2.24, 2.45) is 0 Å². The fourth-order valence-electron chi connectivity index (χ4n) is 1.96. The lowest BCUT2D eigenvalue weighted by atomic mass is 10.1. The summed E-state index contributed by atoms with van der Waals surface area (Å²) in [5.41, 5.74) is 1.13. The van der Waals surface area contributed by atoms with Crippen LogP contribution >= 0.6 is 11.5 Å². The maximum atomic E-state index is 4.48. The number of nitrogens with one attached hydrogen (secondary N) is 1. The average Bonchev–Trinajstić information content (AvgIpc) is 2.72. The van der Waals surface area contributed by atoms with E-state index in [1.165, 1.54) is 16.7 Å². The molecule has 0 bridgehead atoms. The summed E-state index contributed by atoms with van der Waals surface area (Å²) >= 11 is 1.64. The predicted octanol–water partition coefficient (Wildman–Crippen LogP) is 3.23. The van der Waals surface area contributed by atoms with Gasteiger partial charge in [0.2, 0.25) is 0 Å². The minimum Gasteiger partial charge on any atom is -0.314 e. The van der Waals surface area contributed by atoms with E-state index < -0.39 is 0 Å². The molecule has 0 fully saturated rings. The molecule has 0 spiro atoms. The van der Waals surface area contributed by atoms with Gasteiger partial charge < -0.3 is 5.32 Å². The number of aromatic nitrogens is 1. The first-order chi connectivity index (χ1) is 7.85. The van der Waals surface area contributed by atoms with Gasteiger partial charge in [-0.1, -0.05) is 32.0 Å². The third-order valence-corrected chi connectivity index (χ3v) is 3.77. The first kappa shape index (κ1) is 11.6. The zero-order valence-corrected chi connectivity index (χ0v) is 10.7. The largest absolute Gasteiger partial charge is 0.314 e. The van der Waals surface area contributed by atoms with Crippen molar-refractivity contribution in [1.82, 2.24) is 9.69 Å². The Kier molecular flexibility index (Phi) is 3.91. The highest BCUT2D eigenvalue weighted by molar-refractivity contribution is 7.07. The van der Waals surface area contributed by atoms with Crippen molar-refractivity contribution in [3.63, 3.8) is 0 Å². The van der Waals surface area contributed by atoms with Gasteiger partial charge in [-0.25, -0.2) is 0 Å². The van der Waals surface area contributed by atoms with Crippen molar-refractivity contribution < 1.29 is 0 Å². The maximum absolute atomic E-state index is 4.48. The number of rotatable bonds is 5. The molecule has 0 aliphatic carbocycles. The minimum atomic E-state index is 0.578. The topological polar surface area (TPSA) is 24.9 Å². The number of nitrogens with zero attached hydrogens (tertiary/aromatic N) is 1. The van der Waals surface area contributed by atoms with Crippen LogP contribution in [-0.2, 0) is 6.42 Å². The van der Waals surface area contributed by atoms with Crippen LogP contribution < -0.4 is 5.32 Å². The van der Waals surface area contributed by atoms with Crippen molar-refractivity contribution in [2.45, 2.75) is 32.7 Å². The van der Waals surface area contributed by atoms with Crippen molar-refractivity contribution in [3.8, 4) is 0 Å². The summed E-state index contributed by atoms with van der Waals surface area (Å²) < 4.78 is 4.48. The van der Waals surface area contributed by atoms with Crippen molar-refractivity contribution >= 4 is 22.4 Å². The Hall–Kier alpha value is -0.930. The normalized spacial score (nSPS) is 13.1. The van der Waals surface area contributed by atoms with Crippen molar-refractivity contribution in [2.75, 3.05) is 6.54 Å². The second-order valence-electron chi connectivity index (χ2n) is 3.99. The Morgan fingerprint density at radius 3 is 2.88 bits per heavy atom. The van der Waals surface area contributed by atoms with E-state index in [4.69, 9.17) is 0 Å². The smallest absolute Gasteiger partial charge is 0.0843 e. The highest BCUT2D eigenvalue weighted by atomic mass is 32.1. The van der Waals surface area contributed by atoms with Crippen LogP contribution in [-0.4, -0.2) is 17.0 Å². The van der Waals surface area contributed by atoms with E-state index in [1.54, 1.807) is 11.5 Å². The molecule has 1 aromatic carbocycles. The molecule has 1 aromatic heterocycles. The Bertz CT molecular complexity index is 450. The quantitative estimate of drug-likeness (QED) is 0.859. The zero-order chi connectivity index (χ0) is 11.4. The summed E-state index contributed by atoms with van der Waals surface area (Å²) in [6.07, 6.45) is 2.26. The lowest BCUT2D eigenvalue weighted by Gasteiger charge is -2.14. The minimum absolute atomic E-state index is 0.578. The Morgan fingerprint density at radius 1 is 1.31 bits per heavy atom. The van der Waals surface area contributed by atoms with Crippen molar-refractivity contribution in [3.05, 3.63) is 29.1 Å². The van der Waals surface area contributed by atoms with Crippen LogP contribution in [0.2, 0.25) is 0 Å². The monoisotopic (exact) mass is 234 g/mol. The first-order valence-corrected chi connectivity index (χ1v) is 6.69. The summed E-state index contributed by atoms with van der Waals surface area (Å²) in [4.78, 5) is 1.41. The predicted molar refractivity (Wildman–Crippen MR) is 71.1 cm³/mol. The third kappa shape index (κ3) is 2.42. The Labute approximate surface area is 101 Å². The molecule has 3 heteroatoms. The summed E-state index contributed by atoms with van der Waals surface area (Å²) in [6, 6.07) is 8.98. The van der Waals surface area contributed by atoms with Gasteiger partial charge in [0.05, 0.1) is 5.52 Å². The molecular weight excluding hydrogens is 216 g/mol. The highest BCUT2D eigenvalue weighted by Crippen LogP contribution is 2.23. The van der Waals surface area contributed by atoms with Crippen LogP contribution in [0.4, 0.5) is 0 Å². The van der Waals surface area contributed by atoms with Crippen LogP contribution in [0, 0.1) is 0 Å². The van der Waals surface area contributed by atoms with Crippen molar-refractivity contribution in [1.29, 1.82) is 0 Å². The second-order valence-corrected chi connectivity index (χ2v) is 4.85. The van der Waals surface area contributed by atoms with E-state index in [2.05, 4.69) is 41.7 Å². The zero-order valence-electron chi connectivity index (χ0n) is 9.86. The molecule has 0 saturated heterocycles. The van der Waals surface area contributed by atoms with Gasteiger partial charge in [-0.3, -0.25) is 0 Å². The van der Waals surface area contributed by atoms with E-state index in [-0.39, 0.29) is 0 Å². The molecule has 2 nitrogen and oxygen atoms in total. The molecule has 1 N–H and O–H groups in total. The van der Waals surface area contributed by atoms with Gasteiger partial charge in [-0.2, -0.15) is 4.37 Å². The maximum Gasteiger partial charge on any atom is 0.0843 e. The van der Waals surface area contributed by atoms with E-state index >= 15 is 0 Å². The van der Waals surface area contributed by atoms with Crippen LogP contribution in [0.25, 0.3) is 10.9 Å². The molecule has 16 heavy (non-hydrogen) atoms. The number of benzene rings is 1. The van der Waals surface area contributed by atoms with Gasteiger partial charge >= 0.3 is 0 Å². The number of likely N-dealkylation sites (N-methyl/N-ethyl adjacent to an activating group) is 1. The van der Waals surface area contributed by atoms with Crippen LogP contribution in [0.1, 0.15) is 25.1 Å². The van der Waals surface area contributed by atoms with Gasteiger partial charge in [0.25, 0.3) is 0 Å². The molecule has 1 unspecified atom stereocenters. The molecule has 1 atom stereocenters. The van der Waals surface area contributed by atoms with Gasteiger partial charge in [0.1, 0.15) is 0 Å². The van der Waals surface area contributed by atoms with E-state index in [9.17, 15) is 0 Å².